The Morgan fingerprint density at radius 3 is 2.75 bits per heavy atom. The van der Waals surface area contributed by atoms with E-state index < -0.39 is 0 Å². The summed E-state index contributed by atoms with van der Waals surface area (Å²) in [6.07, 6.45) is 5.18. The summed E-state index contributed by atoms with van der Waals surface area (Å²) in [5.74, 6) is 0. The fourth-order valence-corrected chi connectivity index (χ4v) is 0.360. The van der Waals surface area contributed by atoms with Crippen LogP contribution in [0.4, 0.5) is 0 Å². The van der Waals surface area contributed by atoms with Crippen molar-refractivity contribution in [3.63, 3.8) is 0 Å². The fraction of sp³-hybridized carbons (Fsp3) is 0.571. The number of hydrogen-bond donors (Lipinski definition) is 0. The largest absolute Gasteiger partial charge is 0.291 e. The Bertz CT molecular complexity index is 92.6. The van der Waals surface area contributed by atoms with Crippen molar-refractivity contribution in [2.24, 2.45) is 0 Å². The van der Waals surface area contributed by atoms with Gasteiger partial charge in [-0.05, 0) is 13.3 Å². The summed E-state index contributed by atoms with van der Waals surface area (Å²) in [6, 6.07) is 0. The molecule has 0 rings (SSSR count). The summed E-state index contributed by atoms with van der Waals surface area (Å²) in [7, 11) is 0. The lowest BCUT2D eigenvalue weighted by Gasteiger charge is -1.87. The van der Waals surface area contributed by atoms with Gasteiger partial charge in [-0.15, -0.1) is 0 Å². The molecule has 0 atom stereocenters. The van der Waals surface area contributed by atoms with Gasteiger partial charge in [0.25, 0.3) is 0 Å². The van der Waals surface area contributed by atoms with E-state index in [1.807, 2.05) is 13.0 Å². The number of carbonyl (C=O) groups excluding carboxylic acids is 1. The first kappa shape index (κ1) is 7.41. The van der Waals surface area contributed by atoms with Crippen LogP contribution in [0.2, 0.25) is 0 Å². The van der Waals surface area contributed by atoms with Crippen molar-refractivity contribution in [3.8, 4) is 0 Å². The smallest absolute Gasteiger partial charge is 0.202 e. The molecule has 0 aliphatic rings. The second-order valence-electron chi connectivity index (χ2n) is 1.75. The van der Waals surface area contributed by atoms with Crippen LogP contribution in [0, 0.1) is 0 Å². The van der Waals surface area contributed by atoms with Gasteiger partial charge in [0.2, 0.25) is 6.29 Å². The van der Waals surface area contributed by atoms with Gasteiger partial charge >= 0.3 is 0 Å². The van der Waals surface area contributed by atoms with E-state index in [0.717, 1.165) is 6.42 Å². The highest BCUT2D eigenvalue weighted by atomic mass is 16.1. The third-order valence-electron chi connectivity index (χ3n) is 1.09. The molecule has 0 N–H and O–H groups in total. The molecule has 45 valence electrons. The highest BCUT2D eigenvalue weighted by Crippen LogP contribution is 1.97. The molecule has 0 aromatic rings. The zero-order valence-electron chi connectivity index (χ0n) is 5.40. The van der Waals surface area contributed by atoms with Crippen molar-refractivity contribution in [2.45, 2.75) is 26.7 Å². The maximum atomic E-state index is 9.66. The van der Waals surface area contributed by atoms with E-state index in [1.165, 1.54) is 5.57 Å². The van der Waals surface area contributed by atoms with Crippen molar-refractivity contribution in [1.82, 2.24) is 0 Å². The van der Waals surface area contributed by atoms with E-state index in [4.69, 9.17) is 0 Å². The topological polar surface area (TPSA) is 17.1 Å². The van der Waals surface area contributed by atoms with Crippen molar-refractivity contribution in [1.29, 1.82) is 0 Å². The van der Waals surface area contributed by atoms with Crippen LogP contribution in [-0.4, -0.2) is 6.29 Å². The Balaban J connectivity index is 3.40. The van der Waals surface area contributed by atoms with Crippen LogP contribution >= 0.6 is 0 Å². The third kappa shape index (κ3) is 3.59. The van der Waals surface area contributed by atoms with Crippen LogP contribution in [0.5, 0.6) is 0 Å². The summed E-state index contributed by atoms with van der Waals surface area (Å²) in [5.41, 5.74) is 1.26. The molecule has 0 saturated heterocycles. The molecular formula is C7H11O. The van der Waals surface area contributed by atoms with E-state index in [1.54, 1.807) is 6.29 Å². The molecule has 1 heteroatoms. The monoisotopic (exact) mass is 111 g/mol. The molecule has 0 spiro atoms. The minimum Gasteiger partial charge on any atom is -0.291 e. The molecule has 8 heavy (non-hydrogen) atoms. The predicted molar refractivity (Wildman–Crippen MR) is 34.4 cm³/mol. The van der Waals surface area contributed by atoms with Crippen LogP contribution in [0.25, 0.3) is 0 Å². The second kappa shape index (κ2) is 4.57. The summed E-state index contributed by atoms with van der Waals surface area (Å²) < 4.78 is 0. The van der Waals surface area contributed by atoms with E-state index in [9.17, 15) is 4.79 Å². The summed E-state index contributed by atoms with van der Waals surface area (Å²) in [5, 5.41) is 0. The molecule has 1 nitrogen and oxygen atoms in total. The van der Waals surface area contributed by atoms with E-state index in [2.05, 4.69) is 6.92 Å². The van der Waals surface area contributed by atoms with Gasteiger partial charge in [-0.2, -0.15) is 0 Å². The normalized spacial score (nSPS) is 11.5. The summed E-state index contributed by atoms with van der Waals surface area (Å²) >= 11 is 0. The van der Waals surface area contributed by atoms with Crippen LogP contribution in [0.3, 0.4) is 0 Å². The van der Waals surface area contributed by atoms with Crippen molar-refractivity contribution < 1.29 is 4.79 Å². The van der Waals surface area contributed by atoms with Gasteiger partial charge in [0.1, 0.15) is 0 Å². The van der Waals surface area contributed by atoms with Crippen LogP contribution in [0.1, 0.15) is 26.7 Å². The first-order valence-corrected chi connectivity index (χ1v) is 2.82. The minimum absolute atomic E-state index is 0.444. The van der Waals surface area contributed by atoms with Crippen LogP contribution in [-0.2, 0) is 4.79 Å². The number of hydrogen-bond acceptors (Lipinski definition) is 1. The first-order valence-electron chi connectivity index (χ1n) is 2.82. The molecule has 0 aliphatic carbocycles. The number of allylic oxidation sites excluding steroid dienone is 2. The fourth-order valence-electron chi connectivity index (χ4n) is 0.360. The maximum Gasteiger partial charge on any atom is 0.202 e. The van der Waals surface area contributed by atoms with Gasteiger partial charge < -0.3 is 0 Å². The predicted octanol–water partition coefficient (Wildman–Crippen LogP) is 1.84. The Kier molecular flexibility index (Phi) is 4.23. The summed E-state index contributed by atoms with van der Waals surface area (Å²) in [6.45, 7) is 4.08. The van der Waals surface area contributed by atoms with E-state index in [-0.39, 0.29) is 0 Å². The Morgan fingerprint density at radius 2 is 2.38 bits per heavy atom. The van der Waals surface area contributed by atoms with Crippen LogP contribution < -0.4 is 0 Å². The lowest BCUT2D eigenvalue weighted by Crippen LogP contribution is -1.72. The van der Waals surface area contributed by atoms with E-state index >= 15 is 0 Å². The van der Waals surface area contributed by atoms with Crippen molar-refractivity contribution >= 4 is 6.29 Å². The molecule has 0 fully saturated rings. The first-order chi connectivity index (χ1) is 3.81. The summed E-state index contributed by atoms with van der Waals surface area (Å²) in [4.78, 5) is 9.66. The molecule has 0 saturated carbocycles. The Hall–Kier alpha value is -0.590. The number of rotatable bonds is 3. The molecular weight excluding hydrogens is 100 g/mol. The quantitative estimate of drug-likeness (QED) is 0.508. The average molecular weight is 111 g/mol. The van der Waals surface area contributed by atoms with Crippen molar-refractivity contribution in [2.75, 3.05) is 0 Å². The molecule has 0 aromatic heterocycles. The molecule has 0 aromatic carbocycles. The third-order valence-corrected chi connectivity index (χ3v) is 1.09. The maximum absolute atomic E-state index is 9.66. The van der Waals surface area contributed by atoms with Gasteiger partial charge in [0, 0.05) is 6.42 Å². The standard InChI is InChI=1S/C7H11O/c1-3-7(2)5-4-6-8/h5H,3-4H2,1-2H3/b7-5+. The molecule has 0 bridgehead atoms. The zero-order chi connectivity index (χ0) is 6.41. The van der Waals surface area contributed by atoms with Gasteiger partial charge in [0.15, 0.2) is 0 Å². The van der Waals surface area contributed by atoms with Gasteiger partial charge in [-0.3, -0.25) is 4.79 Å². The molecule has 0 aliphatic heterocycles. The minimum atomic E-state index is 0.444. The lowest BCUT2D eigenvalue weighted by atomic mass is 10.2. The highest BCUT2D eigenvalue weighted by Gasteiger charge is 1.80. The Labute approximate surface area is 50.4 Å². The van der Waals surface area contributed by atoms with Gasteiger partial charge in [-0.25, -0.2) is 0 Å². The molecule has 1 radical (unpaired) electrons. The Morgan fingerprint density at radius 1 is 1.75 bits per heavy atom. The van der Waals surface area contributed by atoms with E-state index in [0.29, 0.717) is 6.42 Å². The lowest BCUT2D eigenvalue weighted by molar-refractivity contribution is 0.556. The van der Waals surface area contributed by atoms with Gasteiger partial charge in [-0.1, -0.05) is 18.6 Å². The average Bonchev–Trinajstić information content (AvgIpc) is 1.83. The highest BCUT2D eigenvalue weighted by molar-refractivity contribution is 5.53. The van der Waals surface area contributed by atoms with Crippen LogP contribution in [0.15, 0.2) is 11.6 Å². The second-order valence-corrected chi connectivity index (χ2v) is 1.75. The SMILES string of the molecule is CC/C(C)=C/C[C]=O. The molecule has 0 amide bonds. The van der Waals surface area contributed by atoms with Crippen molar-refractivity contribution in [3.05, 3.63) is 11.6 Å². The molecule has 0 heterocycles. The zero-order valence-corrected chi connectivity index (χ0v) is 5.40. The van der Waals surface area contributed by atoms with Gasteiger partial charge in [0.05, 0.1) is 0 Å². The molecule has 0 unspecified atom stereocenters.